The molecule has 2 heterocycles. The van der Waals surface area contributed by atoms with Gasteiger partial charge in [0.25, 0.3) is 0 Å². The molecule has 0 atom stereocenters. The third kappa shape index (κ3) is 4.49. The lowest BCUT2D eigenvalue weighted by Crippen LogP contribution is -2.50. The van der Waals surface area contributed by atoms with Crippen molar-refractivity contribution in [1.82, 2.24) is 9.21 Å². The van der Waals surface area contributed by atoms with Crippen molar-refractivity contribution >= 4 is 21.6 Å². The highest BCUT2D eigenvalue weighted by Gasteiger charge is 2.45. The van der Waals surface area contributed by atoms with Gasteiger partial charge in [0.15, 0.2) is 0 Å². The van der Waals surface area contributed by atoms with Crippen molar-refractivity contribution in [3.05, 3.63) is 29.0 Å². The van der Waals surface area contributed by atoms with Crippen LogP contribution in [0.5, 0.6) is 0 Å². The van der Waals surface area contributed by atoms with Gasteiger partial charge in [-0.25, -0.2) is 12.8 Å². The molecule has 0 radical (unpaired) electrons. The zero-order valence-electron chi connectivity index (χ0n) is 16.7. The number of piperidine rings is 1. The first kappa shape index (κ1) is 21.5. The van der Waals surface area contributed by atoms with Crippen molar-refractivity contribution in [2.75, 3.05) is 32.7 Å². The lowest BCUT2D eigenvalue weighted by atomic mass is 9.64. The summed E-state index contributed by atoms with van der Waals surface area (Å²) in [4.78, 5) is 2.42. The number of hydrogen-bond acceptors (Lipinski definition) is 4. The van der Waals surface area contributed by atoms with Gasteiger partial charge in [0.1, 0.15) is 5.82 Å². The van der Waals surface area contributed by atoms with E-state index >= 15 is 0 Å². The number of hydrogen-bond donors (Lipinski definition) is 1. The Morgan fingerprint density at radius 1 is 1.00 bits per heavy atom. The normalized spacial score (nSPS) is 25.5. The van der Waals surface area contributed by atoms with Gasteiger partial charge in [-0.05, 0) is 88.1 Å². The van der Waals surface area contributed by atoms with E-state index in [1.54, 1.807) is 0 Å². The van der Waals surface area contributed by atoms with Crippen LogP contribution in [0.15, 0.2) is 23.1 Å². The van der Waals surface area contributed by atoms with Gasteiger partial charge in [-0.3, -0.25) is 0 Å². The number of likely N-dealkylation sites (tertiary alicyclic amines) is 1. The van der Waals surface area contributed by atoms with Crippen LogP contribution < -0.4 is 0 Å². The zero-order chi connectivity index (χ0) is 20.7. The summed E-state index contributed by atoms with van der Waals surface area (Å²) in [6.07, 6.45) is 7.56. The Bertz CT molecular complexity index is 839. The summed E-state index contributed by atoms with van der Waals surface area (Å²) < 4.78 is 40.7. The summed E-state index contributed by atoms with van der Waals surface area (Å²) in [6, 6.07) is 3.57. The first-order valence-electron chi connectivity index (χ1n) is 10.6. The molecule has 3 aliphatic rings. The highest BCUT2D eigenvalue weighted by atomic mass is 35.5. The number of benzene rings is 1. The SMILES string of the molecule is O=S(=O)(c1ccc(F)c(Cl)c1)N1CCC2(CC1)CCC(O)(CN1CCCC1)CC2. The number of β-amino-alcohol motifs (C(OH)–C–C–N with tert-alkyl or cyclic N) is 1. The second-order valence-corrected chi connectivity index (χ2v) is 11.5. The summed E-state index contributed by atoms with van der Waals surface area (Å²) in [5, 5.41) is 10.9. The number of nitrogens with zero attached hydrogens (tertiary/aromatic N) is 2. The van der Waals surface area contributed by atoms with Crippen molar-refractivity contribution in [1.29, 1.82) is 0 Å². The second-order valence-electron chi connectivity index (χ2n) is 9.19. The van der Waals surface area contributed by atoms with Crippen molar-refractivity contribution in [2.24, 2.45) is 5.41 Å². The van der Waals surface area contributed by atoms with Gasteiger partial charge in [0.2, 0.25) is 10.0 Å². The van der Waals surface area contributed by atoms with E-state index in [4.69, 9.17) is 11.6 Å². The quantitative estimate of drug-likeness (QED) is 0.770. The van der Waals surface area contributed by atoms with Crippen LogP contribution in [0.2, 0.25) is 5.02 Å². The lowest BCUT2D eigenvalue weighted by molar-refractivity contribution is -0.0625. The van der Waals surface area contributed by atoms with Crippen LogP contribution in [-0.4, -0.2) is 61.1 Å². The largest absolute Gasteiger partial charge is 0.389 e. The number of aliphatic hydroxyl groups is 1. The average Bonchev–Trinajstić information content (AvgIpc) is 3.20. The minimum Gasteiger partial charge on any atom is -0.389 e. The number of halogens is 2. The Morgan fingerprint density at radius 3 is 2.21 bits per heavy atom. The molecule has 2 saturated heterocycles. The Labute approximate surface area is 177 Å². The fraction of sp³-hybridized carbons (Fsp3) is 0.714. The molecule has 0 aromatic heterocycles. The first-order chi connectivity index (χ1) is 13.7. The van der Waals surface area contributed by atoms with Crippen molar-refractivity contribution in [3.8, 4) is 0 Å². The molecule has 1 saturated carbocycles. The highest BCUT2D eigenvalue weighted by molar-refractivity contribution is 7.89. The molecule has 162 valence electrons. The summed E-state index contributed by atoms with van der Waals surface area (Å²) >= 11 is 5.78. The molecule has 5 nitrogen and oxygen atoms in total. The maximum Gasteiger partial charge on any atom is 0.243 e. The van der Waals surface area contributed by atoms with E-state index in [0.29, 0.717) is 13.1 Å². The Balaban J connectivity index is 1.36. The molecule has 1 aliphatic carbocycles. The summed E-state index contributed by atoms with van der Waals surface area (Å²) in [5.74, 6) is -0.619. The second kappa shape index (κ2) is 8.08. The molecule has 8 heteroatoms. The molecular formula is C21H30ClFN2O3S. The zero-order valence-corrected chi connectivity index (χ0v) is 18.3. The maximum absolute atomic E-state index is 13.4. The molecule has 0 amide bonds. The molecule has 3 fully saturated rings. The average molecular weight is 445 g/mol. The van der Waals surface area contributed by atoms with E-state index in [2.05, 4.69) is 4.90 Å². The van der Waals surface area contributed by atoms with Gasteiger partial charge in [-0.1, -0.05) is 11.6 Å². The van der Waals surface area contributed by atoms with Crippen molar-refractivity contribution in [3.63, 3.8) is 0 Å². The standard InChI is InChI=1S/C21H30ClFN2O3S/c22-18-15-17(3-4-19(18)23)29(27,28)25-13-9-20(10-14-25)5-7-21(26,8-6-20)16-24-11-1-2-12-24/h3-4,15,26H,1-2,5-14,16H2. The Morgan fingerprint density at radius 2 is 1.62 bits per heavy atom. The molecule has 29 heavy (non-hydrogen) atoms. The fourth-order valence-electron chi connectivity index (χ4n) is 5.25. The third-order valence-electron chi connectivity index (χ3n) is 7.27. The fourth-order valence-corrected chi connectivity index (χ4v) is 6.96. The molecule has 1 aromatic rings. The lowest BCUT2D eigenvalue weighted by Gasteiger charge is -2.48. The van der Waals surface area contributed by atoms with Crippen LogP contribution in [0.4, 0.5) is 4.39 Å². The van der Waals surface area contributed by atoms with Crippen LogP contribution in [0.1, 0.15) is 51.4 Å². The van der Waals surface area contributed by atoms with Gasteiger partial charge in [0, 0.05) is 19.6 Å². The summed E-state index contributed by atoms with van der Waals surface area (Å²) in [5.41, 5.74) is -0.465. The topological polar surface area (TPSA) is 60.9 Å². The van der Waals surface area contributed by atoms with Crippen LogP contribution in [-0.2, 0) is 10.0 Å². The van der Waals surface area contributed by atoms with Crippen molar-refractivity contribution < 1.29 is 17.9 Å². The molecule has 0 bridgehead atoms. The third-order valence-corrected chi connectivity index (χ3v) is 9.45. The first-order valence-corrected chi connectivity index (χ1v) is 12.4. The van der Waals surface area contributed by atoms with E-state index in [1.165, 1.54) is 29.3 Å². The van der Waals surface area contributed by atoms with Gasteiger partial charge < -0.3 is 10.0 Å². The molecule has 1 N–H and O–H groups in total. The smallest absolute Gasteiger partial charge is 0.243 e. The summed E-state index contributed by atoms with van der Waals surface area (Å²) in [6.45, 7) is 3.88. The van der Waals surface area contributed by atoms with E-state index in [9.17, 15) is 17.9 Å². The highest BCUT2D eigenvalue weighted by Crippen LogP contribution is 2.48. The van der Waals surface area contributed by atoms with Gasteiger partial charge >= 0.3 is 0 Å². The van der Waals surface area contributed by atoms with E-state index < -0.39 is 21.4 Å². The minimum atomic E-state index is -3.67. The maximum atomic E-state index is 13.4. The van der Waals surface area contributed by atoms with Crippen LogP contribution in [0.25, 0.3) is 0 Å². The van der Waals surface area contributed by atoms with Crippen LogP contribution in [0, 0.1) is 11.2 Å². The predicted octanol–water partition coefficient (Wildman–Crippen LogP) is 3.65. The Hall–Kier alpha value is -0.730. The molecule has 1 spiro atoms. The van der Waals surface area contributed by atoms with Crippen LogP contribution in [0.3, 0.4) is 0 Å². The van der Waals surface area contributed by atoms with Gasteiger partial charge in [-0.15, -0.1) is 0 Å². The number of rotatable bonds is 4. The molecule has 2 aliphatic heterocycles. The van der Waals surface area contributed by atoms with E-state index in [-0.39, 0.29) is 15.3 Å². The predicted molar refractivity (Wildman–Crippen MR) is 111 cm³/mol. The van der Waals surface area contributed by atoms with Gasteiger partial charge in [-0.2, -0.15) is 4.31 Å². The molecule has 4 rings (SSSR count). The van der Waals surface area contributed by atoms with Crippen molar-refractivity contribution in [2.45, 2.75) is 61.9 Å². The summed E-state index contributed by atoms with van der Waals surface area (Å²) in [7, 11) is -3.67. The van der Waals surface area contributed by atoms with Gasteiger partial charge in [0.05, 0.1) is 15.5 Å². The van der Waals surface area contributed by atoms with E-state index in [0.717, 1.165) is 64.2 Å². The van der Waals surface area contributed by atoms with Crippen LogP contribution >= 0.6 is 11.6 Å². The Kier molecular flexibility index (Phi) is 5.99. The monoisotopic (exact) mass is 444 g/mol. The molecule has 0 unspecified atom stereocenters. The number of sulfonamides is 1. The van der Waals surface area contributed by atoms with E-state index in [1.807, 2.05) is 0 Å². The minimum absolute atomic E-state index is 0.0449. The molecule has 1 aromatic carbocycles. The molecular weight excluding hydrogens is 415 g/mol.